The monoisotopic (exact) mass is 242 g/mol. The van der Waals surface area contributed by atoms with Crippen molar-refractivity contribution >= 4 is 11.6 Å². The van der Waals surface area contributed by atoms with Crippen LogP contribution in [0.15, 0.2) is 18.2 Å². The van der Waals surface area contributed by atoms with Gasteiger partial charge in [-0.15, -0.1) is 0 Å². The number of nitrogens with zero attached hydrogens (tertiary/aromatic N) is 1. The van der Waals surface area contributed by atoms with Gasteiger partial charge in [0, 0.05) is 23.7 Å². The van der Waals surface area contributed by atoms with Gasteiger partial charge < -0.3 is 5.73 Å². The molecule has 1 fully saturated rings. The highest BCUT2D eigenvalue weighted by Gasteiger charge is 2.31. The molecular formula is C12H16ClFN2. The first-order chi connectivity index (χ1) is 7.61. The summed E-state index contributed by atoms with van der Waals surface area (Å²) < 4.78 is 13.3. The summed E-state index contributed by atoms with van der Waals surface area (Å²) in [5.41, 5.74) is 6.63. The molecule has 4 heteroatoms. The molecule has 0 spiro atoms. The molecule has 1 aromatic rings. The zero-order valence-corrected chi connectivity index (χ0v) is 10.0. The van der Waals surface area contributed by atoms with Crippen LogP contribution in [0.25, 0.3) is 0 Å². The molecule has 1 aliphatic rings. The van der Waals surface area contributed by atoms with Gasteiger partial charge in [0.15, 0.2) is 0 Å². The van der Waals surface area contributed by atoms with Crippen molar-refractivity contribution in [3.8, 4) is 0 Å². The quantitative estimate of drug-likeness (QED) is 0.879. The second-order valence-corrected chi connectivity index (χ2v) is 4.79. The highest BCUT2D eigenvalue weighted by atomic mass is 35.5. The number of nitrogens with two attached hydrogens (primary N) is 1. The molecule has 2 rings (SSSR count). The van der Waals surface area contributed by atoms with Crippen molar-refractivity contribution in [3.63, 3.8) is 0 Å². The van der Waals surface area contributed by atoms with Gasteiger partial charge in [-0.1, -0.05) is 11.6 Å². The van der Waals surface area contributed by atoms with E-state index >= 15 is 0 Å². The Labute approximate surface area is 100 Å². The molecule has 1 saturated carbocycles. The zero-order valence-electron chi connectivity index (χ0n) is 9.29. The van der Waals surface area contributed by atoms with Crippen LogP contribution in [0.5, 0.6) is 0 Å². The van der Waals surface area contributed by atoms with Crippen molar-refractivity contribution in [2.45, 2.75) is 24.9 Å². The van der Waals surface area contributed by atoms with Gasteiger partial charge in [-0.2, -0.15) is 0 Å². The van der Waals surface area contributed by atoms with Crippen LogP contribution in [0.3, 0.4) is 0 Å². The molecule has 0 heterocycles. The SMILES string of the molecule is CN(C1CC1)C(CN)c1cc(F)cc(Cl)c1. The fourth-order valence-corrected chi connectivity index (χ4v) is 2.27. The number of halogens is 2. The molecule has 0 aromatic heterocycles. The van der Waals surface area contributed by atoms with Crippen molar-refractivity contribution in [1.82, 2.24) is 4.90 Å². The van der Waals surface area contributed by atoms with Gasteiger partial charge in [-0.25, -0.2) is 4.39 Å². The Bertz CT molecular complexity index is 359. The Balaban J connectivity index is 2.24. The second-order valence-electron chi connectivity index (χ2n) is 4.35. The molecule has 0 amide bonds. The van der Waals surface area contributed by atoms with Gasteiger partial charge in [-0.05, 0) is 43.7 Å². The highest BCUT2D eigenvalue weighted by Crippen LogP contribution is 2.33. The summed E-state index contributed by atoms with van der Waals surface area (Å²) in [6, 6.07) is 5.27. The van der Waals surface area contributed by atoms with Crippen LogP contribution in [-0.2, 0) is 0 Å². The van der Waals surface area contributed by atoms with Gasteiger partial charge >= 0.3 is 0 Å². The summed E-state index contributed by atoms with van der Waals surface area (Å²) in [5.74, 6) is -0.301. The summed E-state index contributed by atoms with van der Waals surface area (Å²) in [5, 5.41) is 0.428. The van der Waals surface area contributed by atoms with Crippen LogP contribution < -0.4 is 5.73 Å². The van der Waals surface area contributed by atoms with Crippen molar-refractivity contribution in [3.05, 3.63) is 34.6 Å². The van der Waals surface area contributed by atoms with Gasteiger partial charge in [0.1, 0.15) is 5.82 Å². The van der Waals surface area contributed by atoms with Crippen molar-refractivity contribution in [2.24, 2.45) is 5.73 Å². The highest BCUT2D eigenvalue weighted by molar-refractivity contribution is 6.30. The minimum Gasteiger partial charge on any atom is -0.329 e. The summed E-state index contributed by atoms with van der Waals surface area (Å²) >= 11 is 5.85. The first kappa shape index (κ1) is 11.8. The first-order valence-electron chi connectivity index (χ1n) is 5.50. The van der Waals surface area contributed by atoms with Gasteiger partial charge in [0.05, 0.1) is 0 Å². The lowest BCUT2D eigenvalue weighted by Crippen LogP contribution is -2.32. The van der Waals surface area contributed by atoms with Crippen LogP contribution in [0, 0.1) is 5.82 Å². The third-order valence-corrected chi connectivity index (χ3v) is 3.33. The van der Waals surface area contributed by atoms with E-state index in [4.69, 9.17) is 17.3 Å². The topological polar surface area (TPSA) is 29.3 Å². The fourth-order valence-electron chi connectivity index (χ4n) is 2.04. The molecule has 1 unspecified atom stereocenters. The maximum Gasteiger partial charge on any atom is 0.125 e. The maximum atomic E-state index is 13.3. The van der Waals surface area contributed by atoms with Crippen molar-refractivity contribution in [1.29, 1.82) is 0 Å². The summed E-state index contributed by atoms with van der Waals surface area (Å²) in [6.45, 7) is 0.479. The zero-order chi connectivity index (χ0) is 11.7. The Morgan fingerprint density at radius 3 is 2.69 bits per heavy atom. The Hall–Kier alpha value is -0.640. The van der Waals surface area contributed by atoms with E-state index in [2.05, 4.69) is 4.90 Å². The summed E-state index contributed by atoms with van der Waals surface area (Å²) in [4.78, 5) is 2.21. The second kappa shape index (κ2) is 4.70. The third kappa shape index (κ3) is 2.54. The molecule has 2 nitrogen and oxygen atoms in total. The van der Waals surface area contributed by atoms with Crippen LogP contribution in [0.1, 0.15) is 24.4 Å². The molecule has 1 aromatic carbocycles. The molecule has 2 N–H and O–H groups in total. The Morgan fingerprint density at radius 2 is 2.19 bits per heavy atom. The molecule has 0 aliphatic heterocycles. The van der Waals surface area contributed by atoms with E-state index in [0.29, 0.717) is 17.6 Å². The molecule has 1 aliphatic carbocycles. The van der Waals surface area contributed by atoms with E-state index in [9.17, 15) is 4.39 Å². The average molecular weight is 243 g/mol. The Kier molecular flexibility index (Phi) is 3.47. The predicted octanol–water partition coefficient (Wildman–Crippen LogP) is 2.57. The number of rotatable bonds is 4. The lowest BCUT2D eigenvalue weighted by Gasteiger charge is -2.27. The van der Waals surface area contributed by atoms with E-state index < -0.39 is 0 Å². The maximum absolute atomic E-state index is 13.3. The van der Waals surface area contributed by atoms with Crippen LogP contribution >= 0.6 is 11.6 Å². The van der Waals surface area contributed by atoms with Crippen molar-refractivity contribution < 1.29 is 4.39 Å². The largest absolute Gasteiger partial charge is 0.329 e. The molecular weight excluding hydrogens is 227 g/mol. The minimum absolute atomic E-state index is 0.0562. The summed E-state index contributed by atoms with van der Waals surface area (Å²) in [6.07, 6.45) is 2.41. The molecule has 16 heavy (non-hydrogen) atoms. The summed E-state index contributed by atoms with van der Waals surface area (Å²) in [7, 11) is 2.04. The van der Waals surface area contributed by atoms with E-state index in [-0.39, 0.29) is 11.9 Å². The minimum atomic E-state index is -0.301. The average Bonchev–Trinajstić information content (AvgIpc) is 2.99. The number of likely N-dealkylation sites (N-methyl/N-ethyl adjacent to an activating group) is 1. The van der Waals surface area contributed by atoms with Gasteiger partial charge in [-0.3, -0.25) is 4.90 Å². The number of benzene rings is 1. The van der Waals surface area contributed by atoms with E-state index in [1.54, 1.807) is 6.07 Å². The molecule has 1 atom stereocenters. The fraction of sp³-hybridized carbons (Fsp3) is 0.500. The van der Waals surface area contributed by atoms with Crippen molar-refractivity contribution in [2.75, 3.05) is 13.6 Å². The third-order valence-electron chi connectivity index (χ3n) is 3.11. The lowest BCUT2D eigenvalue weighted by atomic mass is 10.1. The van der Waals surface area contributed by atoms with Crippen LogP contribution in [0.2, 0.25) is 5.02 Å². The molecule has 0 saturated heterocycles. The van der Waals surface area contributed by atoms with Gasteiger partial charge in [0.25, 0.3) is 0 Å². The van der Waals surface area contributed by atoms with E-state index in [1.807, 2.05) is 7.05 Å². The van der Waals surface area contributed by atoms with E-state index in [0.717, 1.165) is 5.56 Å². The smallest absolute Gasteiger partial charge is 0.125 e. The van der Waals surface area contributed by atoms with Crippen LogP contribution in [0.4, 0.5) is 4.39 Å². The number of hydrogen-bond acceptors (Lipinski definition) is 2. The predicted molar refractivity (Wildman–Crippen MR) is 64.0 cm³/mol. The molecule has 88 valence electrons. The standard InChI is InChI=1S/C12H16ClFN2/c1-16(11-2-3-11)12(7-15)8-4-9(13)6-10(14)5-8/h4-6,11-12H,2-3,7,15H2,1H3. The van der Waals surface area contributed by atoms with Crippen LogP contribution in [-0.4, -0.2) is 24.5 Å². The first-order valence-corrected chi connectivity index (χ1v) is 5.87. The van der Waals surface area contributed by atoms with Gasteiger partial charge in [0.2, 0.25) is 0 Å². The Morgan fingerprint density at radius 1 is 1.50 bits per heavy atom. The number of hydrogen-bond donors (Lipinski definition) is 1. The normalized spacial score (nSPS) is 17.8. The lowest BCUT2D eigenvalue weighted by molar-refractivity contribution is 0.239. The van der Waals surface area contributed by atoms with E-state index in [1.165, 1.54) is 25.0 Å². The molecule has 0 bridgehead atoms. The molecule has 0 radical (unpaired) electrons.